The van der Waals surface area contributed by atoms with Gasteiger partial charge in [-0.2, -0.15) is 0 Å². The Morgan fingerprint density at radius 2 is 1.63 bits per heavy atom. The predicted molar refractivity (Wildman–Crippen MR) is 155 cm³/mol. The van der Waals surface area contributed by atoms with Gasteiger partial charge < -0.3 is 15.0 Å². The van der Waals surface area contributed by atoms with Crippen LogP contribution in [0.2, 0.25) is 15.1 Å². The van der Waals surface area contributed by atoms with E-state index in [4.69, 9.17) is 34.8 Å². The Kier molecular flexibility index (Phi) is 9.37. The first-order chi connectivity index (χ1) is 18.3. The molecule has 0 saturated heterocycles. The van der Waals surface area contributed by atoms with E-state index >= 15 is 0 Å². The summed E-state index contributed by atoms with van der Waals surface area (Å²) in [5, 5.41) is 5.56. The first-order valence-corrected chi connectivity index (χ1v) is 13.6. The molecule has 198 valence electrons. The molecular weight excluding hydrogens is 543 g/mol. The third-order valence-electron chi connectivity index (χ3n) is 6.75. The maximum absolute atomic E-state index is 12.6. The number of hydrogen-bond acceptors (Lipinski definition) is 3. The van der Waals surface area contributed by atoms with Crippen LogP contribution in [0.5, 0.6) is 0 Å². The average Bonchev–Trinajstić information content (AvgIpc) is 3.33. The van der Waals surface area contributed by atoms with Crippen LogP contribution in [0.1, 0.15) is 65.1 Å². The molecule has 2 atom stereocenters. The van der Waals surface area contributed by atoms with Crippen molar-refractivity contribution in [2.75, 3.05) is 13.7 Å². The van der Waals surface area contributed by atoms with Gasteiger partial charge in [-0.25, -0.2) is 0 Å². The van der Waals surface area contributed by atoms with Crippen molar-refractivity contribution < 1.29 is 14.3 Å². The molecule has 0 spiro atoms. The molecule has 4 aromatic rings. The van der Waals surface area contributed by atoms with Crippen LogP contribution >= 0.6 is 34.8 Å². The van der Waals surface area contributed by atoms with Crippen LogP contribution in [0.15, 0.2) is 66.9 Å². The molecule has 2 unspecified atom stereocenters. The second-order valence-corrected chi connectivity index (χ2v) is 10.5. The number of methoxy groups -OCH3 is 1. The first kappa shape index (κ1) is 28.0. The van der Waals surface area contributed by atoms with E-state index in [0.717, 1.165) is 40.4 Å². The minimum Gasteiger partial charge on any atom is -0.469 e. The molecule has 4 rings (SSSR count). The Bertz CT molecular complexity index is 1420. The number of H-pyrrole nitrogens is 1. The summed E-state index contributed by atoms with van der Waals surface area (Å²) in [6.45, 7) is 2.38. The van der Waals surface area contributed by atoms with Gasteiger partial charge in [0.05, 0.1) is 24.1 Å². The molecule has 3 aromatic carbocycles. The number of aromatic amines is 1. The number of amides is 1. The van der Waals surface area contributed by atoms with E-state index in [1.54, 1.807) is 6.07 Å². The standard InChI is InChI=1S/C30H29Cl3N2O3/c1-3-4-23(18-5-7-20(8-6-18)30(37)34-14-13-27(36)38-2)28(19-9-11-21(31)12-10-19)25-17-35-29-24(25)15-22(32)16-26(29)33/h5-12,15-17,23,28,35H,3-4,13-14H2,1-2H3,(H,34,37). The van der Waals surface area contributed by atoms with Crippen LogP contribution in [0.4, 0.5) is 0 Å². The van der Waals surface area contributed by atoms with Gasteiger partial charge in [0.15, 0.2) is 0 Å². The smallest absolute Gasteiger partial charge is 0.307 e. The molecule has 38 heavy (non-hydrogen) atoms. The number of carbonyl (C=O) groups is 2. The molecular formula is C30H29Cl3N2O3. The third kappa shape index (κ3) is 6.35. The summed E-state index contributed by atoms with van der Waals surface area (Å²) >= 11 is 19.2. The van der Waals surface area contributed by atoms with Crippen LogP contribution in [0.3, 0.4) is 0 Å². The topological polar surface area (TPSA) is 71.2 Å². The number of fused-ring (bicyclic) bond motifs is 1. The minimum atomic E-state index is -0.365. The van der Waals surface area contributed by atoms with Gasteiger partial charge in [-0.05, 0) is 65.4 Å². The van der Waals surface area contributed by atoms with Crippen LogP contribution in [0, 0.1) is 0 Å². The summed E-state index contributed by atoms with van der Waals surface area (Å²) in [7, 11) is 1.33. The van der Waals surface area contributed by atoms with Crippen molar-refractivity contribution in [3.63, 3.8) is 0 Å². The molecule has 8 heteroatoms. The quantitative estimate of drug-likeness (QED) is 0.189. The fourth-order valence-electron chi connectivity index (χ4n) is 4.93. The monoisotopic (exact) mass is 570 g/mol. The second-order valence-electron chi connectivity index (χ2n) is 9.18. The van der Waals surface area contributed by atoms with Crippen molar-refractivity contribution in [1.29, 1.82) is 0 Å². The van der Waals surface area contributed by atoms with Gasteiger partial charge in [-0.15, -0.1) is 0 Å². The number of halogens is 3. The third-order valence-corrected chi connectivity index (χ3v) is 7.52. The van der Waals surface area contributed by atoms with Crippen molar-refractivity contribution in [2.24, 2.45) is 0 Å². The van der Waals surface area contributed by atoms with Crippen LogP contribution in [-0.2, 0) is 9.53 Å². The summed E-state index contributed by atoms with van der Waals surface area (Å²) in [4.78, 5) is 27.3. The second kappa shape index (κ2) is 12.7. The molecule has 1 aromatic heterocycles. The van der Waals surface area contributed by atoms with Gasteiger partial charge in [0.1, 0.15) is 0 Å². The van der Waals surface area contributed by atoms with Crippen LogP contribution < -0.4 is 5.32 Å². The van der Waals surface area contributed by atoms with Crippen LogP contribution in [0.25, 0.3) is 10.9 Å². The average molecular weight is 572 g/mol. The Morgan fingerprint density at radius 1 is 0.947 bits per heavy atom. The summed E-state index contributed by atoms with van der Waals surface area (Å²) in [6.07, 6.45) is 4.02. The fraction of sp³-hybridized carbons (Fsp3) is 0.267. The Labute approximate surface area is 237 Å². The lowest BCUT2D eigenvalue weighted by molar-refractivity contribution is -0.140. The van der Waals surface area contributed by atoms with Gasteiger partial charge in [-0.3, -0.25) is 9.59 Å². The predicted octanol–water partition coefficient (Wildman–Crippen LogP) is 8.14. The number of benzene rings is 3. The molecule has 0 aliphatic heterocycles. The maximum Gasteiger partial charge on any atom is 0.307 e. The highest BCUT2D eigenvalue weighted by Gasteiger charge is 2.29. The molecule has 0 fully saturated rings. The van der Waals surface area contributed by atoms with Gasteiger partial charge >= 0.3 is 5.97 Å². The number of nitrogens with one attached hydrogen (secondary N) is 2. The van der Waals surface area contributed by atoms with Crippen molar-refractivity contribution >= 4 is 57.6 Å². The number of aromatic nitrogens is 1. The molecule has 5 nitrogen and oxygen atoms in total. The molecule has 0 saturated carbocycles. The summed E-state index contributed by atoms with van der Waals surface area (Å²) in [5.41, 5.74) is 4.70. The van der Waals surface area contributed by atoms with Gasteiger partial charge in [0.25, 0.3) is 5.91 Å². The number of esters is 1. The summed E-state index contributed by atoms with van der Waals surface area (Å²) in [5.74, 6) is -0.511. The van der Waals surface area contributed by atoms with Crippen molar-refractivity contribution in [3.05, 3.63) is 104 Å². The normalized spacial score (nSPS) is 12.8. The van der Waals surface area contributed by atoms with Gasteiger partial charge in [-0.1, -0.05) is 72.4 Å². The number of carbonyl (C=O) groups excluding carboxylic acids is 2. The van der Waals surface area contributed by atoms with Gasteiger partial charge in [0.2, 0.25) is 0 Å². The van der Waals surface area contributed by atoms with E-state index in [1.165, 1.54) is 7.11 Å². The molecule has 1 heterocycles. The zero-order chi connectivity index (χ0) is 27.2. The Morgan fingerprint density at radius 3 is 2.29 bits per heavy atom. The van der Waals surface area contributed by atoms with E-state index in [2.05, 4.69) is 34.1 Å². The summed E-state index contributed by atoms with van der Waals surface area (Å²) < 4.78 is 4.62. The number of rotatable bonds is 10. The maximum atomic E-state index is 12.6. The molecule has 0 aliphatic carbocycles. The van der Waals surface area contributed by atoms with Crippen molar-refractivity contribution in [2.45, 2.75) is 38.0 Å². The largest absolute Gasteiger partial charge is 0.469 e. The number of ether oxygens (including phenoxy) is 1. The van der Waals surface area contributed by atoms with Crippen molar-refractivity contribution in [3.8, 4) is 0 Å². The van der Waals surface area contributed by atoms with Crippen molar-refractivity contribution in [1.82, 2.24) is 10.3 Å². The van der Waals surface area contributed by atoms with E-state index < -0.39 is 0 Å². The van der Waals surface area contributed by atoms with E-state index in [1.807, 2.05) is 48.7 Å². The Hall–Kier alpha value is -2.99. The lowest BCUT2D eigenvalue weighted by atomic mass is 9.75. The molecule has 0 aliphatic rings. The zero-order valence-corrected chi connectivity index (χ0v) is 23.5. The molecule has 2 N–H and O–H groups in total. The number of hydrogen-bond donors (Lipinski definition) is 2. The summed E-state index contributed by atoms with van der Waals surface area (Å²) in [6, 6.07) is 19.3. The molecule has 1 amide bonds. The van der Waals surface area contributed by atoms with E-state index in [-0.39, 0.29) is 36.7 Å². The van der Waals surface area contributed by atoms with Gasteiger partial charge in [0, 0.05) is 39.7 Å². The Balaban J connectivity index is 1.72. The van der Waals surface area contributed by atoms with Crippen LogP contribution in [-0.4, -0.2) is 30.5 Å². The fourth-order valence-corrected chi connectivity index (χ4v) is 5.61. The zero-order valence-electron chi connectivity index (χ0n) is 21.2. The lowest BCUT2D eigenvalue weighted by Gasteiger charge is -2.28. The molecule has 0 radical (unpaired) electrons. The highest BCUT2D eigenvalue weighted by Crippen LogP contribution is 2.45. The highest BCUT2D eigenvalue weighted by molar-refractivity contribution is 6.38. The SMILES string of the molecule is CCCC(c1ccc(C(=O)NCCC(=O)OC)cc1)C(c1ccc(Cl)cc1)c1c[nH]c2c(Cl)cc(Cl)cc12. The highest BCUT2D eigenvalue weighted by atomic mass is 35.5. The molecule has 0 bridgehead atoms. The minimum absolute atomic E-state index is 0.0183. The lowest BCUT2D eigenvalue weighted by Crippen LogP contribution is -2.26. The first-order valence-electron chi connectivity index (χ1n) is 12.5. The van der Waals surface area contributed by atoms with E-state index in [0.29, 0.717) is 20.6 Å². The van der Waals surface area contributed by atoms with E-state index in [9.17, 15) is 9.59 Å².